The van der Waals surface area contributed by atoms with Gasteiger partial charge in [0.15, 0.2) is 16.0 Å². The Labute approximate surface area is 287 Å². The van der Waals surface area contributed by atoms with Crippen LogP contribution in [0.15, 0.2) is 88.8 Å². The lowest BCUT2D eigenvalue weighted by Crippen LogP contribution is -2.43. The smallest absolute Gasteiger partial charge is 0.294 e. The number of nitrogens with one attached hydrogen (secondary N) is 1. The topological polar surface area (TPSA) is 215 Å². The fourth-order valence-corrected chi connectivity index (χ4v) is 6.95. The summed E-state index contributed by atoms with van der Waals surface area (Å²) in [5.41, 5.74) is 7.84. The van der Waals surface area contributed by atoms with Crippen LogP contribution in [0.25, 0.3) is 22.0 Å². The van der Waals surface area contributed by atoms with Crippen molar-refractivity contribution in [1.82, 2.24) is 10.2 Å². The van der Waals surface area contributed by atoms with Gasteiger partial charge in [0.1, 0.15) is 6.04 Å². The van der Waals surface area contributed by atoms with Crippen LogP contribution in [0.1, 0.15) is 28.8 Å². The van der Waals surface area contributed by atoms with Gasteiger partial charge in [-0.05, 0) is 67.4 Å². The largest absolute Gasteiger partial charge is 0.618 e. The number of carbonyl (C=O) groups is 2. The number of nitrogens with two attached hydrogens (primary N) is 1. The van der Waals surface area contributed by atoms with Crippen molar-refractivity contribution in [3.05, 3.63) is 95.3 Å². The van der Waals surface area contributed by atoms with E-state index in [2.05, 4.69) is 5.32 Å². The van der Waals surface area contributed by atoms with Gasteiger partial charge in [-0.1, -0.05) is 29.8 Å². The minimum Gasteiger partial charge on any atom is -0.618 e. The van der Waals surface area contributed by atoms with E-state index < -0.39 is 63.2 Å². The molecule has 264 valence electrons. The summed E-state index contributed by atoms with van der Waals surface area (Å²) in [4.78, 5) is 26.3. The molecular formula is C33H33F2N5O8S2. The maximum atomic E-state index is 13.7. The number of amides is 2. The molecule has 13 nitrogen and oxygen atoms in total. The molecule has 1 fully saturated rings. The number of nitrogens with zero attached hydrogens (tertiary/aromatic N) is 3. The molecule has 1 saturated heterocycles. The molecule has 0 spiro atoms. The predicted octanol–water partition coefficient (Wildman–Crippen LogP) is 2.99. The highest BCUT2D eigenvalue weighted by molar-refractivity contribution is 7.91. The average Bonchev–Trinajstić information content (AvgIpc) is 3.40. The quantitative estimate of drug-likeness (QED) is 0.130. The first-order valence-corrected chi connectivity index (χ1v) is 18.1. The van der Waals surface area contributed by atoms with Crippen molar-refractivity contribution in [2.45, 2.75) is 41.5 Å². The molecule has 1 aliphatic heterocycles. The van der Waals surface area contributed by atoms with Crippen LogP contribution in [0.4, 0.5) is 8.78 Å². The molecule has 0 aliphatic carbocycles. The van der Waals surface area contributed by atoms with Crippen molar-refractivity contribution in [1.29, 1.82) is 5.26 Å². The SMILES string of the molecule is Cc1ccc(S(=O)(=O)O)cc1.N#CC1CC(F)(F)CN1C(=O)CNC(=O)c1cc[n+]([O-])c2ccc(-c3ccc(S(=O)(=O)CCCN)cc3)cc12. The van der Waals surface area contributed by atoms with Gasteiger partial charge in [-0.25, -0.2) is 17.2 Å². The average molecular weight is 730 g/mol. The Morgan fingerprint density at radius 2 is 1.66 bits per heavy atom. The molecule has 50 heavy (non-hydrogen) atoms. The fraction of sp³-hybridized carbons (Fsp3) is 0.273. The summed E-state index contributed by atoms with van der Waals surface area (Å²) < 4.78 is 82.3. The predicted molar refractivity (Wildman–Crippen MR) is 178 cm³/mol. The third-order valence-corrected chi connectivity index (χ3v) is 10.5. The molecule has 0 bridgehead atoms. The van der Waals surface area contributed by atoms with Crippen molar-refractivity contribution in [3.63, 3.8) is 0 Å². The Morgan fingerprint density at radius 1 is 1.04 bits per heavy atom. The monoisotopic (exact) mass is 729 g/mol. The molecule has 4 N–H and O–H groups in total. The second-order valence-corrected chi connectivity index (χ2v) is 15.0. The van der Waals surface area contributed by atoms with E-state index in [1.807, 2.05) is 6.92 Å². The lowest BCUT2D eigenvalue weighted by atomic mass is 10.0. The number of nitriles is 1. The first-order chi connectivity index (χ1) is 23.5. The van der Waals surface area contributed by atoms with Crippen molar-refractivity contribution >= 4 is 42.7 Å². The second-order valence-electron chi connectivity index (χ2n) is 11.5. The number of hydrogen-bond acceptors (Lipinski definition) is 9. The van der Waals surface area contributed by atoms with Crippen LogP contribution in [-0.2, 0) is 24.7 Å². The highest BCUT2D eigenvalue weighted by Gasteiger charge is 2.47. The zero-order chi connectivity index (χ0) is 36.9. The number of rotatable bonds is 9. The number of aryl methyl sites for hydroxylation is 1. The number of pyridine rings is 1. The Kier molecular flexibility index (Phi) is 11.5. The van der Waals surface area contributed by atoms with E-state index in [0.717, 1.165) is 16.7 Å². The number of aromatic nitrogens is 1. The van der Waals surface area contributed by atoms with Crippen LogP contribution in [0.3, 0.4) is 0 Å². The molecule has 4 aromatic rings. The lowest BCUT2D eigenvalue weighted by molar-refractivity contribution is -0.577. The van der Waals surface area contributed by atoms with Gasteiger partial charge < -0.3 is 21.2 Å². The minimum atomic E-state index is -4.02. The van der Waals surface area contributed by atoms with Gasteiger partial charge in [-0.2, -0.15) is 18.4 Å². The van der Waals surface area contributed by atoms with Crippen molar-refractivity contribution < 1.29 is 44.5 Å². The maximum Gasteiger partial charge on any atom is 0.294 e. The normalized spacial score (nSPS) is 15.5. The first kappa shape index (κ1) is 37.8. The van der Waals surface area contributed by atoms with E-state index in [-0.39, 0.29) is 38.6 Å². The Morgan fingerprint density at radius 3 is 2.26 bits per heavy atom. The van der Waals surface area contributed by atoms with E-state index in [1.54, 1.807) is 42.5 Å². The standard InChI is InChI=1S/C26H25F2N5O5S.C7H8O3S/c27-26(28)13-19(14-30)32(16-26)24(34)15-31-25(35)21-8-10-33(36)23-7-4-18(12-22(21)23)17-2-5-20(6-3-17)39(37,38)11-1-9-29;1-6-2-4-7(5-3-6)11(8,9)10/h2-8,10,12,19H,1,9,11,13,15-16,29H2,(H,31,35);2-5H,1H3,(H,8,9,10). The Hall–Kier alpha value is -5.02. The number of benzene rings is 3. The summed E-state index contributed by atoms with van der Waals surface area (Å²) in [6.07, 6.45) is 0.704. The molecule has 1 unspecified atom stereocenters. The number of halogens is 2. The third kappa shape index (κ3) is 9.15. The van der Waals surface area contributed by atoms with Gasteiger partial charge >= 0.3 is 0 Å². The van der Waals surface area contributed by atoms with E-state index in [0.29, 0.717) is 22.3 Å². The van der Waals surface area contributed by atoms with Gasteiger partial charge in [0.25, 0.3) is 21.9 Å². The number of carbonyl (C=O) groups excluding carboxylic acids is 2. The molecular weight excluding hydrogens is 697 g/mol. The molecule has 17 heteroatoms. The summed E-state index contributed by atoms with van der Waals surface area (Å²) in [7, 11) is -7.50. The molecule has 2 heterocycles. The van der Waals surface area contributed by atoms with Crippen LogP contribution >= 0.6 is 0 Å². The summed E-state index contributed by atoms with van der Waals surface area (Å²) in [6, 6.07) is 18.6. The number of likely N-dealkylation sites (tertiary alicyclic amines) is 1. The van der Waals surface area contributed by atoms with Crippen LogP contribution in [0, 0.1) is 23.5 Å². The first-order valence-electron chi connectivity index (χ1n) is 15.0. The van der Waals surface area contributed by atoms with Gasteiger partial charge in [0.2, 0.25) is 11.4 Å². The highest BCUT2D eigenvalue weighted by atomic mass is 32.2. The Bertz CT molecular complexity index is 2160. The van der Waals surface area contributed by atoms with Gasteiger partial charge in [0, 0.05) is 18.6 Å². The van der Waals surface area contributed by atoms with E-state index in [9.17, 15) is 40.4 Å². The minimum absolute atomic E-state index is 0.0660. The second kappa shape index (κ2) is 15.3. The maximum absolute atomic E-state index is 13.7. The summed E-state index contributed by atoms with van der Waals surface area (Å²) in [6.45, 7) is 0.585. The Balaban J connectivity index is 0.000000435. The van der Waals surface area contributed by atoms with Crippen molar-refractivity contribution in [3.8, 4) is 17.2 Å². The van der Waals surface area contributed by atoms with Gasteiger partial charge in [-0.15, -0.1) is 0 Å². The van der Waals surface area contributed by atoms with E-state index >= 15 is 0 Å². The van der Waals surface area contributed by atoms with Crippen molar-refractivity contribution in [2.75, 3.05) is 25.4 Å². The van der Waals surface area contributed by atoms with Gasteiger partial charge in [-0.3, -0.25) is 14.1 Å². The fourth-order valence-electron chi connectivity index (χ4n) is 5.14. The lowest BCUT2D eigenvalue weighted by Gasteiger charge is -2.19. The highest BCUT2D eigenvalue weighted by Crippen LogP contribution is 2.32. The van der Waals surface area contributed by atoms with Crippen LogP contribution in [0.2, 0.25) is 0 Å². The molecule has 0 saturated carbocycles. The molecule has 2 amide bonds. The molecule has 1 aliphatic rings. The zero-order valence-electron chi connectivity index (χ0n) is 26.6. The number of hydrogen-bond donors (Lipinski definition) is 3. The third-order valence-electron chi connectivity index (χ3n) is 7.77. The van der Waals surface area contributed by atoms with Crippen LogP contribution in [0.5, 0.6) is 0 Å². The van der Waals surface area contributed by atoms with Gasteiger partial charge in [0.05, 0.1) is 45.7 Å². The van der Waals surface area contributed by atoms with E-state index in [4.69, 9.17) is 15.5 Å². The molecule has 0 radical (unpaired) electrons. The number of fused-ring (bicyclic) bond motifs is 1. The van der Waals surface area contributed by atoms with Crippen LogP contribution < -0.4 is 15.8 Å². The molecule has 1 aromatic heterocycles. The summed E-state index contributed by atoms with van der Waals surface area (Å²) >= 11 is 0. The number of alkyl halides is 2. The number of sulfone groups is 1. The summed E-state index contributed by atoms with van der Waals surface area (Å²) in [5.74, 6) is -4.79. The molecule has 5 rings (SSSR count). The van der Waals surface area contributed by atoms with Crippen LogP contribution in [-0.4, -0.2) is 75.5 Å². The summed E-state index contributed by atoms with van der Waals surface area (Å²) in [5, 5.41) is 24.1. The zero-order valence-corrected chi connectivity index (χ0v) is 28.3. The van der Waals surface area contributed by atoms with Crippen molar-refractivity contribution in [2.24, 2.45) is 5.73 Å². The molecule has 1 atom stereocenters. The van der Waals surface area contributed by atoms with E-state index in [1.165, 1.54) is 36.4 Å². The molecule has 3 aromatic carbocycles.